The summed E-state index contributed by atoms with van der Waals surface area (Å²) in [5.74, 6) is 0.460. The first-order chi connectivity index (χ1) is 18.0. The van der Waals surface area contributed by atoms with Gasteiger partial charge in [-0.15, -0.1) is 5.10 Å². The third-order valence-electron chi connectivity index (χ3n) is 6.57. The Morgan fingerprint density at radius 1 is 1.19 bits per heavy atom. The van der Waals surface area contributed by atoms with E-state index < -0.39 is 5.97 Å². The second kappa shape index (κ2) is 10.8. The molecule has 1 saturated carbocycles. The fourth-order valence-corrected chi connectivity index (χ4v) is 4.57. The molecule has 0 spiro atoms. The fourth-order valence-electron chi connectivity index (χ4n) is 4.57. The standard InChI is InChI=1S/C26H29N7O4/c1-16-22(36-19-10-6-9-18(14-19)25(34)35)12-11-20(28-16)24-21(33(2)32-30-24)15-27-26-29-23(37-31-26)13-17-7-4-3-5-8-17/h3-5,7-8,11-12,18-19H,6,9-10,13-15H2,1-2H3,(H,27,31)(H,34,35)/t18-,19-/m0/s1. The molecule has 2 atom stereocenters. The molecule has 3 aromatic heterocycles. The largest absolute Gasteiger partial charge is 0.489 e. The van der Waals surface area contributed by atoms with Crippen molar-refractivity contribution >= 4 is 11.9 Å². The van der Waals surface area contributed by atoms with Crippen LogP contribution in [-0.2, 0) is 24.8 Å². The van der Waals surface area contributed by atoms with Gasteiger partial charge >= 0.3 is 5.97 Å². The van der Waals surface area contributed by atoms with Crippen LogP contribution in [0.15, 0.2) is 47.0 Å². The molecule has 0 unspecified atom stereocenters. The highest BCUT2D eigenvalue weighted by Crippen LogP contribution is 2.30. The third-order valence-corrected chi connectivity index (χ3v) is 6.57. The number of nitrogens with one attached hydrogen (secondary N) is 1. The van der Waals surface area contributed by atoms with Crippen molar-refractivity contribution in [2.24, 2.45) is 13.0 Å². The van der Waals surface area contributed by atoms with Crippen LogP contribution in [0.4, 0.5) is 5.95 Å². The fraction of sp³-hybridized carbons (Fsp3) is 0.385. The monoisotopic (exact) mass is 503 g/mol. The minimum Gasteiger partial charge on any atom is -0.489 e. The highest BCUT2D eigenvalue weighted by molar-refractivity contribution is 5.70. The van der Waals surface area contributed by atoms with E-state index in [-0.39, 0.29) is 12.0 Å². The van der Waals surface area contributed by atoms with Gasteiger partial charge in [0.25, 0.3) is 5.95 Å². The van der Waals surface area contributed by atoms with Gasteiger partial charge in [-0.2, -0.15) is 4.98 Å². The van der Waals surface area contributed by atoms with Crippen molar-refractivity contribution in [1.82, 2.24) is 30.1 Å². The molecule has 192 valence electrons. The zero-order chi connectivity index (χ0) is 25.8. The first-order valence-electron chi connectivity index (χ1n) is 12.3. The average molecular weight is 504 g/mol. The lowest BCUT2D eigenvalue weighted by Gasteiger charge is -2.27. The van der Waals surface area contributed by atoms with Gasteiger partial charge in [-0.05, 0) is 55.5 Å². The molecular formula is C26H29N7O4. The molecule has 0 amide bonds. The summed E-state index contributed by atoms with van der Waals surface area (Å²) in [6.07, 6.45) is 3.33. The molecule has 4 aromatic rings. The highest BCUT2D eigenvalue weighted by atomic mass is 16.5. The molecular weight excluding hydrogens is 474 g/mol. The van der Waals surface area contributed by atoms with Crippen molar-refractivity contribution in [1.29, 1.82) is 0 Å². The molecule has 11 heteroatoms. The van der Waals surface area contributed by atoms with Gasteiger partial charge in [0, 0.05) is 7.05 Å². The van der Waals surface area contributed by atoms with Gasteiger partial charge in [0.15, 0.2) is 0 Å². The number of carboxylic acids is 1. The van der Waals surface area contributed by atoms with Gasteiger partial charge in [0.1, 0.15) is 11.4 Å². The Balaban J connectivity index is 1.25. The number of aliphatic carboxylic acids is 1. The number of aryl methyl sites for hydroxylation is 2. The van der Waals surface area contributed by atoms with Crippen LogP contribution in [0.25, 0.3) is 11.4 Å². The van der Waals surface area contributed by atoms with Gasteiger partial charge in [-0.25, -0.2) is 9.67 Å². The van der Waals surface area contributed by atoms with Crippen molar-refractivity contribution in [3.63, 3.8) is 0 Å². The van der Waals surface area contributed by atoms with E-state index in [1.165, 1.54) is 0 Å². The summed E-state index contributed by atoms with van der Waals surface area (Å²) in [6, 6.07) is 13.6. The molecule has 0 aliphatic heterocycles. The highest BCUT2D eigenvalue weighted by Gasteiger charge is 2.28. The number of aromatic nitrogens is 6. The molecule has 1 aliphatic rings. The average Bonchev–Trinajstić information content (AvgIpc) is 3.50. The van der Waals surface area contributed by atoms with E-state index in [0.29, 0.717) is 60.5 Å². The van der Waals surface area contributed by atoms with Crippen LogP contribution in [0.1, 0.15) is 48.5 Å². The maximum Gasteiger partial charge on any atom is 0.306 e. The predicted octanol–water partition coefficient (Wildman–Crippen LogP) is 3.79. The topological polar surface area (TPSA) is 141 Å². The number of hydrogen-bond donors (Lipinski definition) is 2. The molecule has 2 N–H and O–H groups in total. The molecule has 0 saturated heterocycles. The second-order valence-electron chi connectivity index (χ2n) is 9.26. The van der Waals surface area contributed by atoms with Gasteiger partial charge in [0.05, 0.1) is 42.1 Å². The van der Waals surface area contributed by atoms with E-state index in [4.69, 9.17) is 14.2 Å². The summed E-state index contributed by atoms with van der Waals surface area (Å²) < 4.78 is 13.2. The normalized spacial score (nSPS) is 17.5. The van der Waals surface area contributed by atoms with Crippen LogP contribution in [0.5, 0.6) is 5.75 Å². The summed E-state index contributed by atoms with van der Waals surface area (Å²) in [4.78, 5) is 20.5. The number of nitrogens with zero attached hydrogens (tertiary/aromatic N) is 6. The number of anilines is 1. The van der Waals surface area contributed by atoms with Gasteiger partial charge in [-0.1, -0.05) is 35.5 Å². The molecule has 5 rings (SSSR count). The van der Waals surface area contributed by atoms with Crippen LogP contribution in [0.3, 0.4) is 0 Å². The molecule has 0 bridgehead atoms. The molecule has 3 heterocycles. The summed E-state index contributed by atoms with van der Waals surface area (Å²) in [5.41, 5.74) is 3.92. The lowest BCUT2D eigenvalue weighted by molar-refractivity contribution is -0.143. The molecule has 11 nitrogen and oxygen atoms in total. The van der Waals surface area contributed by atoms with E-state index in [0.717, 1.165) is 24.1 Å². The van der Waals surface area contributed by atoms with Crippen molar-refractivity contribution in [2.75, 3.05) is 5.32 Å². The SMILES string of the molecule is Cc1nc(-c2nnn(C)c2CNc2noc(Cc3ccccc3)n2)ccc1O[C@H]1CCC[C@H](C(=O)O)C1. The number of pyridine rings is 1. The van der Waals surface area contributed by atoms with Crippen molar-refractivity contribution in [2.45, 2.75) is 51.7 Å². The van der Waals surface area contributed by atoms with E-state index in [1.54, 1.807) is 4.68 Å². The van der Waals surface area contributed by atoms with Gasteiger partial charge in [0.2, 0.25) is 5.89 Å². The lowest BCUT2D eigenvalue weighted by Crippen LogP contribution is -2.29. The molecule has 37 heavy (non-hydrogen) atoms. The summed E-state index contributed by atoms with van der Waals surface area (Å²) in [6.45, 7) is 2.25. The minimum atomic E-state index is -0.754. The molecule has 0 radical (unpaired) electrons. The minimum absolute atomic E-state index is 0.126. The van der Waals surface area contributed by atoms with E-state index in [9.17, 15) is 9.90 Å². The lowest BCUT2D eigenvalue weighted by atomic mass is 9.87. The van der Waals surface area contributed by atoms with E-state index in [1.807, 2.05) is 56.4 Å². The van der Waals surface area contributed by atoms with E-state index in [2.05, 4.69) is 25.8 Å². The van der Waals surface area contributed by atoms with Crippen molar-refractivity contribution in [3.05, 3.63) is 65.3 Å². The number of ether oxygens (including phenoxy) is 1. The van der Waals surface area contributed by atoms with Crippen LogP contribution < -0.4 is 10.1 Å². The summed E-state index contributed by atoms with van der Waals surface area (Å²) in [5, 5.41) is 25.0. The first-order valence-corrected chi connectivity index (χ1v) is 12.3. The zero-order valence-corrected chi connectivity index (χ0v) is 20.8. The Bertz CT molecular complexity index is 1370. The Morgan fingerprint density at radius 2 is 2.03 bits per heavy atom. The molecule has 1 aromatic carbocycles. The quantitative estimate of drug-likeness (QED) is 0.346. The van der Waals surface area contributed by atoms with Crippen molar-refractivity contribution < 1.29 is 19.2 Å². The predicted molar refractivity (Wildman–Crippen MR) is 134 cm³/mol. The van der Waals surface area contributed by atoms with Crippen LogP contribution in [-0.4, -0.2) is 47.3 Å². The Morgan fingerprint density at radius 3 is 2.81 bits per heavy atom. The number of benzene rings is 1. The maximum atomic E-state index is 11.4. The maximum absolute atomic E-state index is 11.4. The molecule has 1 aliphatic carbocycles. The second-order valence-corrected chi connectivity index (χ2v) is 9.26. The zero-order valence-electron chi connectivity index (χ0n) is 20.8. The smallest absolute Gasteiger partial charge is 0.306 e. The number of carboxylic acid groups (broad SMARTS) is 1. The molecule has 1 fully saturated rings. The number of hydrogen-bond acceptors (Lipinski definition) is 9. The summed E-state index contributed by atoms with van der Waals surface area (Å²) in [7, 11) is 1.82. The Labute approximate surface area is 213 Å². The first kappa shape index (κ1) is 24.4. The Kier molecular flexibility index (Phi) is 7.11. The van der Waals surface area contributed by atoms with Crippen LogP contribution in [0.2, 0.25) is 0 Å². The number of carbonyl (C=O) groups is 1. The van der Waals surface area contributed by atoms with Gasteiger partial charge in [-0.3, -0.25) is 4.79 Å². The summed E-state index contributed by atoms with van der Waals surface area (Å²) >= 11 is 0. The van der Waals surface area contributed by atoms with Crippen LogP contribution >= 0.6 is 0 Å². The Hall–Kier alpha value is -4.28. The van der Waals surface area contributed by atoms with Crippen molar-refractivity contribution in [3.8, 4) is 17.1 Å². The number of rotatable bonds is 9. The third kappa shape index (κ3) is 5.76. The van der Waals surface area contributed by atoms with E-state index >= 15 is 0 Å². The van der Waals surface area contributed by atoms with Crippen LogP contribution in [0, 0.1) is 12.8 Å². The van der Waals surface area contributed by atoms with Gasteiger partial charge < -0.3 is 19.7 Å².